The summed E-state index contributed by atoms with van der Waals surface area (Å²) in [5.74, 6) is -0.0861. The van der Waals surface area contributed by atoms with E-state index >= 15 is 0 Å². The van der Waals surface area contributed by atoms with Crippen LogP contribution in [-0.4, -0.2) is 38.1 Å². The van der Waals surface area contributed by atoms with Gasteiger partial charge in [-0.2, -0.15) is 13.2 Å². The molecule has 0 spiro atoms. The van der Waals surface area contributed by atoms with Crippen LogP contribution in [0.5, 0.6) is 0 Å². The van der Waals surface area contributed by atoms with Crippen LogP contribution in [0.2, 0.25) is 0 Å². The molecular formula is C21H24F3N3OS. The first-order valence-electron chi connectivity index (χ1n) is 9.67. The lowest BCUT2D eigenvalue weighted by atomic mass is 9.97. The van der Waals surface area contributed by atoms with Crippen LogP contribution in [0, 0.1) is 0 Å². The molecule has 1 fully saturated rings. The number of aromatic nitrogens is 2. The highest BCUT2D eigenvalue weighted by atomic mass is 32.2. The summed E-state index contributed by atoms with van der Waals surface area (Å²) in [6, 6.07) is 9.85. The van der Waals surface area contributed by atoms with Crippen molar-refractivity contribution in [1.29, 1.82) is 0 Å². The summed E-state index contributed by atoms with van der Waals surface area (Å²) in [5.41, 5.74) is -0.248. The third-order valence-electron chi connectivity index (χ3n) is 5.14. The maximum atomic E-state index is 13.4. The molecular weight excluding hydrogens is 399 g/mol. The number of halogens is 3. The molecule has 0 radical (unpaired) electrons. The smallest absolute Gasteiger partial charge is 0.336 e. The number of carbonyl (C=O) groups is 1. The summed E-state index contributed by atoms with van der Waals surface area (Å²) >= 11 is 0.975. The van der Waals surface area contributed by atoms with Gasteiger partial charge in [-0.25, -0.2) is 9.97 Å². The van der Waals surface area contributed by atoms with Crippen LogP contribution in [0.15, 0.2) is 41.6 Å². The van der Waals surface area contributed by atoms with Gasteiger partial charge < -0.3 is 4.90 Å². The zero-order valence-electron chi connectivity index (χ0n) is 16.6. The number of benzene rings is 1. The maximum Gasteiger partial charge on any atom is 0.433 e. The van der Waals surface area contributed by atoms with Crippen molar-refractivity contribution in [2.75, 3.05) is 0 Å². The highest BCUT2D eigenvalue weighted by Gasteiger charge is 2.35. The summed E-state index contributed by atoms with van der Waals surface area (Å²) in [7, 11) is 0. The monoisotopic (exact) mass is 423 g/mol. The number of rotatable bonds is 4. The number of carbonyl (C=O) groups excluding carboxylic acids is 1. The van der Waals surface area contributed by atoms with Crippen LogP contribution >= 0.6 is 11.8 Å². The minimum atomic E-state index is -4.59. The number of likely N-dealkylation sites (tertiary alicyclic amines) is 1. The van der Waals surface area contributed by atoms with Gasteiger partial charge in [-0.15, -0.1) is 0 Å². The maximum absolute atomic E-state index is 13.4. The third-order valence-corrected chi connectivity index (χ3v) is 6.09. The van der Waals surface area contributed by atoms with Gasteiger partial charge in [0.25, 0.3) is 0 Å². The Hall–Kier alpha value is -2.09. The molecule has 29 heavy (non-hydrogen) atoms. The van der Waals surface area contributed by atoms with Gasteiger partial charge in [0.2, 0.25) is 5.91 Å². The molecule has 0 aliphatic carbocycles. The van der Waals surface area contributed by atoms with Gasteiger partial charge in [0.05, 0.1) is 10.9 Å². The largest absolute Gasteiger partial charge is 0.433 e. The fourth-order valence-corrected chi connectivity index (χ4v) is 4.49. The second-order valence-electron chi connectivity index (χ2n) is 7.42. The molecule has 1 aliphatic heterocycles. The van der Waals surface area contributed by atoms with Gasteiger partial charge in [0.1, 0.15) is 5.69 Å². The Balaban J connectivity index is 1.88. The normalized spacial score (nSPS) is 21.1. The van der Waals surface area contributed by atoms with E-state index in [4.69, 9.17) is 0 Å². The van der Waals surface area contributed by atoms with E-state index in [1.807, 2.05) is 18.7 Å². The van der Waals surface area contributed by atoms with E-state index in [1.54, 1.807) is 37.3 Å². The Morgan fingerprint density at radius 1 is 1.14 bits per heavy atom. The molecule has 156 valence electrons. The molecule has 0 bridgehead atoms. The van der Waals surface area contributed by atoms with Gasteiger partial charge in [-0.1, -0.05) is 42.1 Å². The number of hydrogen-bond donors (Lipinski definition) is 0. The average molecular weight is 424 g/mol. The van der Waals surface area contributed by atoms with E-state index in [0.29, 0.717) is 5.56 Å². The van der Waals surface area contributed by atoms with Crippen molar-refractivity contribution in [3.63, 3.8) is 0 Å². The SMILES string of the molecule is C[C@H](Sc1nc(-c2ccccc2)cc(C(F)(F)F)n1)C(=O)N1[C@H](C)CCC[C@H]1C. The van der Waals surface area contributed by atoms with E-state index in [2.05, 4.69) is 9.97 Å². The van der Waals surface area contributed by atoms with E-state index in [0.717, 1.165) is 37.1 Å². The van der Waals surface area contributed by atoms with Gasteiger partial charge >= 0.3 is 6.18 Å². The zero-order chi connectivity index (χ0) is 21.2. The second-order valence-corrected chi connectivity index (χ2v) is 8.73. The molecule has 3 atom stereocenters. The molecule has 2 heterocycles. The van der Waals surface area contributed by atoms with Crippen molar-refractivity contribution in [1.82, 2.24) is 14.9 Å². The van der Waals surface area contributed by atoms with Crippen molar-refractivity contribution in [3.05, 3.63) is 42.1 Å². The summed E-state index contributed by atoms with van der Waals surface area (Å²) in [6.07, 6.45) is -1.65. The first-order chi connectivity index (χ1) is 13.7. The predicted octanol–water partition coefficient (Wildman–Crippen LogP) is 5.43. The van der Waals surface area contributed by atoms with Crippen LogP contribution in [0.3, 0.4) is 0 Å². The molecule has 1 aromatic heterocycles. The van der Waals surface area contributed by atoms with Crippen molar-refractivity contribution < 1.29 is 18.0 Å². The van der Waals surface area contributed by atoms with Crippen LogP contribution in [0.1, 0.15) is 45.7 Å². The zero-order valence-corrected chi connectivity index (χ0v) is 17.4. The Morgan fingerprint density at radius 3 is 2.34 bits per heavy atom. The van der Waals surface area contributed by atoms with Crippen LogP contribution in [-0.2, 0) is 11.0 Å². The molecule has 3 rings (SSSR count). The highest BCUT2D eigenvalue weighted by molar-refractivity contribution is 8.00. The number of alkyl halides is 3. The summed E-state index contributed by atoms with van der Waals surface area (Å²) in [6.45, 7) is 5.73. The van der Waals surface area contributed by atoms with Crippen molar-refractivity contribution >= 4 is 17.7 Å². The first-order valence-corrected chi connectivity index (χ1v) is 10.6. The van der Waals surface area contributed by atoms with E-state index < -0.39 is 17.1 Å². The molecule has 1 aromatic carbocycles. The number of piperidine rings is 1. The van der Waals surface area contributed by atoms with Crippen LogP contribution in [0.25, 0.3) is 11.3 Å². The first kappa shape index (κ1) is 21.6. The Labute approximate surface area is 172 Å². The summed E-state index contributed by atoms with van der Waals surface area (Å²) in [5, 5.41) is -0.623. The lowest BCUT2D eigenvalue weighted by Crippen LogP contribution is -2.50. The number of amides is 1. The molecule has 1 aliphatic rings. The molecule has 0 N–H and O–H groups in total. The lowest BCUT2D eigenvalue weighted by molar-refractivity contribution is -0.141. The molecule has 1 amide bonds. The average Bonchev–Trinajstić information content (AvgIpc) is 2.67. The van der Waals surface area contributed by atoms with Crippen LogP contribution < -0.4 is 0 Å². The fraction of sp³-hybridized carbons (Fsp3) is 0.476. The number of thioether (sulfide) groups is 1. The summed E-state index contributed by atoms with van der Waals surface area (Å²) in [4.78, 5) is 22.8. The lowest BCUT2D eigenvalue weighted by Gasteiger charge is -2.40. The molecule has 4 nitrogen and oxygen atoms in total. The minimum absolute atomic E-state index is 0.0446. The van der Waals surface area contributed by atoms with Gasteiger partial charge in [-0.05, 0) is 46.1 Å². The van der Waals surface area contributed by atoms with Gasteiger partial charge in [-0.3, -0.25) is 4.79 Å². The topological polar surface area (TPSA) is 46.1 Å². The summed E-state index contributed by atoms with van der Waals surface area (Å²) < 4.78 is 40.1. The molecule has 0 unspecified atom stereocenters. The Bertz CT molecular complexity index is 850. The molecule has 8 heteroatoms. The Morgan fingerprint density at radius 2 is 1.76 bits per heavy atom. The highest BCUT2D eigenvalue weighted by Crippen LogP contribution is 2.34. The van der Waals surface area contributed by atoms with E-state index in [-0.39, 0.29) is 28.8 Å². The molecule has 0 saturated carbocycles. The van der Waals surface area contributed by atoms with Crippen molar-refractivity contribution in [3.8, 4) is 11.3 Å². The quantitative estimate of drug-likeness (QED) is 0.486. The van der Waals surface area contributed by atoms with Crippen molar-refractivity contribution in [2.45, 2.75) is 68.7 Å². The number of nitrogens with zero attached hydrogens (tertiary/aromatic N) is 3. The van der Waals surface area contributed by atoms with E-state index in [9.17, 15) is 18.0 Å². The Kier molecular flexibility index (Phi) is 6.51. The predicted molar refractivity (Wildman–Crippen MR) is 107 cm³/mol. The molecule has 1 saturated heterocycles. The third kappa shape index (κ3) is 5.10. The minimum Gasteiger partial charge on any atom is -0.336 e. The molecule has 2 aromatic rings. The van der Waals surface area contributed by atoms with Gasteiger partial charge in [0, 0.05) is 17.6 Å². The second kappa shape index (κ2) is 8.73. The standard InChI is InChI=1S/C21H24F3N3OS/c1-13-8-7-9-14(2)27(13)19(28)15(3)29-20-25-17(16-10-5-4-6-11-16)12-18(26-20)21(22,23)24/h4-6,10-15H,7-9H2,1-3H3/t13-,14-,15+/m1/s1. The fourth-order valence-electron chi connectivity index (χ4n) is 3.65. The number of hydrogen-bond acceptors (Lipinski definition) is 4. The van der Waals surface area contributed by atoms with Crippen molar-refractivity contribution in [2.24, 2.45) is 0 Å². The van der Waals surface area contributed by atoms with Gasteiger partial charge in [0.15, 0.2) is 5.16 Å². The van der Waals surface area contributed by atoms with Crippen LogP contribution in [0.4, 0.5) is 13.2 Å². The van der Waals surface area contributed by atoms with E-state index in [1.165, 1.54) is 0 Å².